The topological polar surface area (TPSA) is 128 Å². The number of hydrogen-bond acceptors (Lipinski definition) is 8. The number of rotatable bonds is 11. The normalized spacial score (nSPS) is 31.1. The van der Waals surface area contributed by atoms with Crippen molar-refractivity contribution in [2.45, 2.75) is 74.4 Å². The number of halogens is 1. The van der Waals surface area contributed by atoms with Crippen LogP contribution in [0.15, 0.2) is 0 Å². The Morgan fingerprint density at radius 1 is 1.21 bits per heavy atom. The summed E-state index contributed by atoms with van der Waals surface area (Å²) >= 11 is 7.36. The zero-order chi connectivity index (χ0) is 21.4. The Morgan fingerprint density at radius 2 is 1.86 bits per heavy atom. The fraction of sp³-hybridized carbons (Fsp3) is 0.889. The van der Waals surface area contributed by atoms with E-state index in [2.05, 4.69) is 10.6 Å². The van der Waals surface area contributed by atoms with Crippen LogP contribution in [0.4, 0.5) is 0 Å². The highest BCUT2D eigenvalue weighted by atomic mass is 35.5. The Hall–Kier alpha value is -0.420. The smallest absolute Gasteiger partial charge is 0.287 e. The number of thioether (sulfide) groups is 1. The van der Waals surface area contributed by atoms with Crippen molar-refractivity contribution in [1.82, 2.24) is 10.6 Å². The predicted molar refractivity (Wildman–Crippen MR) is 109 cm³/mol. The molecule has 1 aliphatic rings. The first-order valence-electron chi connectivity index (χ1n) is 9.52. The van der Waals surface area contributed by atoms with Gasteiger partial charge in [0.2, 0.25) is 5.78 Å². The van der Waals surface area contributed by atoms with Crippen LogP contribution in [0.2, 0.25) is 0 Å². The summed E-state index contributed by atoms with van der Waals surface area (Å²) < 4.78 is 5.68. The molecule has 0 aromatic heterocycles. The lowest BCUT2D eigenvalue weighted by atomic mass is 9.92. The van der Waals surface area contributed by atoms with Gasteiger partial charge in [-0.15, -0.1) is 23.4 Å². The van der Waals surface area contributed by atoms with Gasteiger partial charge in [0.05, 0.1) is 11.4 Å². The molecule has 0 radical (unpaired) electrons. The summed E-state index contributed by atoms with van der Waals surface area (Å²) in [5.41, 5.74) is -0.793. The number of Topliss-reactive ketones (excluding diaryl/α,β-unsaturated/α-hetero) is 1. The summed E-state index contributed by atoms with van der Waals surface area (Å²) in [6.07, 6.45) is -1.74. The molecule has 1 saturated heterocycles. The molecule has 1 aliphatic heterocycles. The molecule has 0 spiro atoms. The van der Waals surface area contributed by atoms with Crippen LogP contribution in [0.3, 0.4) is 0 Å². The number of hydrogen-bond donors (Lipinski definition) is 5. The van der Waals surface area contributed by atoms with Crippen molar-refractivity contribution in [2.24, 2.45) is 5.92 Å². The minimum atomic E-state index is -1.46. The van der Waals surface area contributed by atoms with Gasteiger partial charge in [-0.1, -0.05) is 13.3 Å². The molecule has 8 nitrogen and oxygen atoms in total. The van der Waals surface area contributed by atoms with Gasteiger partial charge < -0.3 is 30.7 Å². The van der Waals surface area contributed by atoms with Crippen LogP contribution in [0.1, 0.15) is 33.1 Å². The molecule has 0 aromatic rings. The molecule has 1 rings (SSSR count). The number of aliphatic hydroxyl groups excluding tert-OH is 3. The van der Waals surface area contributed by atoms with E-state index in [1.54, 1.807) is 20.2 Å². The Balaban J connectivity index is 2.85. The zero-order valence-electron chi connectivity index (χ0n) is 16.8. The molecule has 5 N–H and O–H groups in total. The quantitative estimate of drug-likeness (QED) is 0.222. The molecule has 0 unspecified atom stereocenters. The number of carbonyl (C=O) groups excluding carboxylic acids is 2. The van der Waals surface area contributed by atoms with E-state index in [0.717, 1.165) is 24.6 Å². The van der Waals surface area contributed by atoms with Crippen LogP contribution in [0.5, 0.6) is 0 Å². The van der Waals surface area contributed by atoms with Crippen LogP contribution in [-0.2, 0) is 14.3 Å². The van der Waals surface area contributed by atoms with Gasteiger partial charge in [-0.05, 0) is 39.1 Å². The van der Waals surface area contributed by atoms with Crippen molar-refractivity contribution >= 4 is 35.1 Å². The van der Waals surface area contributed by atoms with Gasteiger partial charge in [-0.3, -0.25) is 9.59 Å². The Labute approximate surface area is 175 Å². The van der Waals surface area contributed by atoms with Gasteiger partial charge in [0.1, 0.15) is 29.9 Å². The summed E-state index contributed by atoms with van der Waals surface area (Å²) in [4.78, 5) is 24.8. The summed E-state index contributed by atoms with van der Waals surface area (Å²) in [5.74, 6) is -1.32. The minimum absolute atomic E-state index is 0.0505. The van der Waals surface area contributed by atoms with E-state index in [0.29, 0.717) is 6.54 Å². The zero-order valence-corrected chi connectivity index (χ0v) is 18.4. The average molecular weight is 441 g/mol. The van der Waals surface area contributed by atoms with Gasteiger partial charge >= 0.3 is 0 Å². The standard InChI is InChI=1S/C18H33ClN2O6S/c1-5-6-10(8-20-3)7-11(22)17(26)21-12(9(2)19)16-14(24)13(23)15(25)18(27-16)28-4/h9-10,12-16,18,20,23-25H,5-8H2,1-4H3,(H,21,26)/t9-,10+,12+,13-,14+,15+,16+,18+/m0/s1. The van der Waals surface area contributed by atoms with E-state index in [1.807, 2.05) is 6.92 Å². The summed E-state index contributed by atoms with van der Waals surface area (Å²) in [7, 11) is 1.79. The molecular weight excluding hydrogens is 408 g/mol. The summed E-state index contributed by atoms with van der Waals surface area (Å²) in [6.45, 7) is 4.24. The molecule has 28 heavy (non-hydrogen) atoms. The lowest BCUT2D eigenvalue weighted by Gasteiger charge is -2.43. The number of carbonyl (C=O) groups is 2. The van der Waals surface area contributed by atoms with Gasteiger partial charge in [0.25, 0.3) is 5.91 Å². The molecule has 0 aromatic carbocycles. The van der Waals surface area contributed by atoms with E-state index in [-0.39, 0.29) is 12.3 Å². The molecule has 1 fully saturated rings. The number of ketones is 1. The number of aliphatic hydroxyl groups is 3. The van der Waals surface area contributed by atoms with Crippen LogP contribution < -0.4 is 10.6 Å². The number of nitrogens with one attached hydrogen (secondary N) is 2. The van der Waals surface area contributed by atoms with Crippen molar-refractivity contribution < 1.29 is 29.6 Å². The lowest BCUT2D eigenvalue weighted by Crippen LogP contribution is -2.64. The monoisotopic (exact) mass is 440 g/mol. The molecule has 164 valence electrons. The van der Waals surface area contributed by atoms with E-state index < -0.39 is 53.0 Å². The second kappa shape index (κ2) is 12.3. The van der Waals surface area contributed by atoms with Crippen LogP contribution in [0, 0.1) is 5.92 Å². The van der Waals surface area contributed by atoms with Crippen molar-refractivity contribution in [3.05, 3.63) is 0 Å². The first-order chi connectivity index (χ1) is 13.2. The first kappa shape index (κ1) is 25.6. The Kier molecular flexibility index (Phi) is 11.3. The lowest BCUT2D eigenvalue weighted by molar-refractivity contribution is -0.205. The third kappa shape index (κ3) is 6.83. The van der Waals surface area contributed by atoms with Crippen molar-refractivity contribution in [3.63, 3.8) is 0 Å². The Morgan fingerprint density at radius 3 is 2.36 bits per heavy atom. The van der Waals surface area contributed by atoms with Crippen LogP contribution >= 0.6 is 23.4 Å². The molecule has 1 heterocycles. The third-order valence-corrected chi connectivity index (χ3v) is 6.03. The second-order valence-electron chi connectivity index (χ2n) is 7.19. The number of amides is 1. The minimum Gasteiger partial charge on any atom is -0.388 e. The predicted octanol–water partition coefficient (Wildman–Crippen LogP) is -0.136. The fourth-order valence-corrected chi connectivity index (χ4v) is 4.27. The molecule has 0 aliphatic carbocycles. The van der Waals surface area contributed by atoms with Crippen molar-refractivity contribution in [2.75, 3.05) is 19.8 Å². The fourth-order valence-electron chi connectivity index (χ4n) is 3.38. The van der Waals surface area contributed by atoms with E-state index >= 15 is 0 Å². The van der Waals surface area contributed by atoms with Crippen molar-refractivity contribution in [3.8, 4) is 0 Å². The maximum Gasteiger partial charge on any atom is 0.287 e. The van der Waals surface area contributed by atoms with Crippen molar-refractivity contribution in [1.29, 1.82) is 0 Å². The summed E-state index contributed by atoms with van der Waals surface area (Å²) in [5, 5.41) is 35.3. The SMILES string of the molecule is CCC[C@@H](CNC)CC(=O)C(=O)N[C@@H]([C@H]1O[C@H](SC)[C@H](O)[C@@H](O)[C@H]1O)[C@H](C)Cl. The van der Waals surface area contributed by atoms with Gasteiger partial charge in [-0.25, -0.2) is 0 Å². The highest BCUT2D eigenvalue weighted by Gasteiger charge is 2.48. The molecule has 8 atom stereocenters. The van der Waals surface area contributed by atoms with E-state index in [1.165, 1.54) is 0 Å². The third-order valence-electron chi connectivity index (χ3n) is 4.90. The molecule has 10 heteroatoms. The molecule has 1 amide bonds. The van der Waals surface area contributed by atoms with Gasteiger partial charge in [-0.2, -0.15) is 0 Å². The average Bonchev–Trinajstić information content (AvgIpc) is 2.65. The highest BCUT2D eigenvalue weighted by Crippen LogP contribution is 2.30. The number of alkyl halides is 1. The summed E-state index contributed by atoms with van der Waals surface area (Å²) in [6, 6.07) is -0.918. The van der Waals surface area contributed by atoms with Gasteiger partial charge in [0, 0.05) is 6.42 Å². The number of ether oxygens (including phenoxy) is 1. The van der Waals surface area contributed by atoms with Crippen LogP contribution in [-0.4, -0.2) is 88.1 Å². The van der Waals surface area contributed by atoms with E-state index in [9.17, 15) is 24.9 Å². The maximum absolute atomic E-state index is 12.5. The second-order valence-corrected chi connectivity index (χ2v) is 8.82. The molecule has 0 bridgehead atoms. The van der Waals surface area contributed by atoms with Gasteiger partial charge in [0.15, 0.2) is 0 Å². The van der Waals surface area contributed by atoms with E-state index in [4.69, 9.17) is 16.3 Å². The molecule has 0 saturated carbocycles. The Bertz CT molecular complexity index is 504. The van der Waals surface area contributed by atoms with Crippen LogP contribution in [0.25, 0.3) is 0 Å². The largest absolute Gasteiger partial charge is 0.388 e. The highest BCUT2D eigenvalue weighted by molar-refractivity contribution is 7.99. The molecular formula is C18H33ClN2O6S. The first-order valence-corrected chi connectivity index (χ1v) is 11.2. The maximum atomic E-state index is 12.5.